The normalized spacial score (nSPS) is 42.1. The quantitative estimate of drug-likeness (QED) is 0.683. The number of nitrogens with one attached hydrogen (secondary N) is 1. The van der Waals surface area contributed by atoms with Crippen LogP contribution >= 0.6 is 11.6 Å². The van der Waals surface area contributed by atoms with Crippen LogP contribution in [-0.2, 0) is 0 Å². The summed E-state index contributed by atoms with van der Waals surface area (Å²) in [5.74, 6) is 0. The maximum atomic E-state index is 6.25. The lowest BCUT2D eigenvalue weighted by Crippen LogP contribution is -2.58. The molecular weight excluding hydrogens is 210 g/mol. The van der Waals surface area contributed by atoms with Gasteiger partial charge in [0.1, 0.15) is 6.17 Å². The van der Waals surface area contributed by atoms with Gasteiger partial charge in [-0.2, -0.15) is 0 Å². The van der Waals surface area contributed by atoms with E-state index in [9.17, 15) is 0 Å². The maximum absolute atomic E-state index is 6.25. The van der Waals surface area contributed by atoms with E-state index in [1.165, 1.54) is 0 Å². The molecule has 2 aliphatic rings. The average Bonchev–Trinajstić information content (AvgIpc) is 2.16. The number of aliphatic imine (C=N–C) groups is 1. The molecule has 2 heterocycles. The number of allylic oxidation sites excluding steroid dienone is 1. The Balaban J connectivity index is 2.03. The molecule has 0 aromatic heterocycles. The molecule has 1 N–H and O–H groups in total. The van der Waals surface area contributed by atoms with E-state index in [1.54, 1.807) is 0 Å². The smallest absolute Gasteiger partial charge is 0.122 e. The molecule has 0 aliphatic carbocycles. The summed E-state index contributed by atoms with van der Waals surface area (Å²) in [6, 6.07) is 1.03. The summed E-state index contributed by atoms with van der Waals surface area (Å²) in [5.41, 5.74) is 0. The van der Waals surface area contributed by atoms with Crippen molar-refractivity contribution >= 4 is 17.8 Å². The second-order valence-corrected chi connectivity index (χ2v) is 4.97. The van der Waals surface area contributed by atoms with Crippen molar-refractivity contribution in [2.75, 3.05) is 13.1 Å². The van der Waals surface area contributed by atoms with E-state index in [0.717, 1.165) is 13.1 Å². The molecule has 4 atom stereocenters. The number of dihydropyridines is 1. The first-order valence-corrected chi connectivity index (χ1v) is 5.94. The first-order chi connectivity index (χ1) is 7.16. The highest BCUT2D eigenvalue weighted by Crippen LogP contribution is 2.19. The fraction of sp³-hybridized carbons (Fsp3) is 0.727. The number of nitrogens with zero attached hydrogens (tertiary/aromatic N) is 2. The zero-order chi connectivity index (χ0) is 10.8. The van der Waals surface area contributed by atoms with Crippen molar-refractivity contribution in [1.29, 1.82) is 0 Å². The van der Waals surface area contributed by atoms with E-state index in [0.29, 0.717) is 12.1 Å². The summed E-state index contributed by atoms with van der Waals surface area (Å²) in [6.45, 7) is 6.44. The molecule has 0 saturated carbocycles. The highest BCUT2D eigenvalue weighted by Gasteiger charge is 2.30. The summed E-state index contributed by atoms with van der Waals surface area (Å²) in [5, 5.41) is 3.52. The van der Waals surface area contributed by atoms with Crippen molar-refractivity contribution < 1.29 is 0 Å². The van der Waals surface area contributed by atoms with E-state index in [-0.39, 0.29) is 11.5 Å². The Bertz CT molecular complexity index is 267. The Morgan fingerprint density at radius 1 is 1.33 bits per heavy atom. The second kappa shape index (κ2) is 4.64. The van der Waals surface area contributed by atoms with Crippen molar-refractivity contribution in [2.24, 2.45) is 4.99 Å². The van der Waals surface area contributed by atoms with Gasteiger partial charge in [0.2, 0.25) is 0 Å². The second-order valence-electron chi connectivity index (χ2n) is 4.46. The van der Waals surface area contributed by atoms with Crippen molar-refractivity contribution in [1.82, 2.24) is 10.2 Å². The van der Waals surface area contributed by atoms with Crippen LogP contribution < -0.4 is 5.32 Å². The van der Waals surface area contributed by atoms with Crippen molar-refractivity contribution in [3.05, 3.63) is 12.2 Å². The van der Waals surface area contributed by atoms with Gasteiger partial charge in [-0.15, -0.1) is 11.6 Å². The number of alkyl halides is 1. The summed E-state index contributed by atoms with van der Waals surface area (Å²) in [6.07, 6.45) is 5.89. The van der Waals surface area contributed by atoms with E-state index >= 15 is 0 Å². The van der Waals surface area contributed by atoms with Gasteiger partial charge in [0.15, 0.2) is 0 Å². The number of hydrogen-bond acceptors (Lipinski definition) is 3. The molecule has 1 saturated heterocycles. The van der Waals surface area contributed by atoms with Crippen LogP contribution in [0.3, 0.4) is 0 Å². The number of halogens is 1. The molecule has 4 heteroatoms. The first-order valence-electron chi connectivity index (χ1n) is 5.51. The van der Waals surface area contributed by atoms with Gasteiger partial charge in [0.25, 0.3) is 0 Å². The van der Waals surface area contributed by atoms with E-state index < -0.39 is 0 Å². The van der Waals surface area contributed by atoms with Crippen LogP contribution in [0.1, 0.15) is 13.8 Å². The summed E-state index contributed by atoms with van der Waals surface area (Å²) in [7, 11) is 0. The third kappa shape index (κ3) is 2.60. The third-order valence-electron chi connectivity index (χ3n) is 2.86. The van der Waals surface area contributed by atoms with Crippen molar-refractivity contribution in [3.63, 3.8) is 0 Å². The van der Waals surface area contributed by atoms with Gasteiger partial charge < -0.3 is 5.32 Å². The number of piperazine rings is 1. The standard InChI is InChI=1S/C11H18ClN3/c1-8-6-15(7-9(2)14-8)11-10(12)4-3-5-13-11/h3-5,8-11,14H,6-7H2,1-2H3/t8-,9+,10?,11?. The van der Waals surface area contributed by atoms with E-state index in [1.807, 2.05) is 18.4 Å². The molecule has 0 amide bonds. The predicted molar refractivity (Wildman–Crippen MR) is 64.7 cm³/mol. The van der Waals surface area contributed by atoms with Crippen LogP contribution in [0.15, 0.2) is 17.1 Å². The first kappa shape index (κ1) is 11.1. The molecule has 1 fully saturated rings. The van der Waals surface area contributed by atoms with Gasteiger partial charge in [-0.05, 0) is 19.9 Å². The molecule has 0 radical (unpaired) electrons. The lowest BCUT2D eigenvalue weighted by atomic mass is 10.1. The van der Waals surface area contributed by atoms with Crippen LogP contribution in [0.5, 0.6) is 0 Å². The van der Waals surface area contributed by atoms with E-state index in [2.05, 4.69) is 29.1 Å². The van der Waals surface area contributed by atoms with Crippen LogP contribution in [0.4, 0.5) is 0 Å². The molecule has 3 nitrogen and oxygen atoms in total. The Morgan fingerprint density at radius 2 is 2.00 bits per heavy atom. The Kier molecular flexibility index (Phi) is 3.44. The maximum Gasteiger partial charge on any atom is 0.122 e. The summed E-state index contributed by atoms with van der Waals surface area (Å²) >= 11 is 6.25. The van der Waals surface area contributed by atoms with Gasteiger partial charge in [-0.1, -0.05) is 6.08 Å². The molecular formula is C11H18ClN3. The molecule has 2 rings (SSSR count). The minimum Gasteiger partial charge on any atom is -0.309 e. The Hall–Kier alpha value is -0.380. The fourth-order valence-corrected chi connectivity index (χ4v) is 2.66. The topological polar surface area (TPSA) is 27.6 Å². The van der Waals surface area contributed by atoms with Crippen molar-refractivity contribution in [2.45, 2.75) is 37.5 Å². The van der Waals surface area contributed by atoms with Gasteiger partial charge in [0.05, 0.1) is 5.38 Å². The van der Waals surface area contributed by atoms with Crippen LogP contribution in [0, 0.1) is 0 Å². The van der Waals surface area contributed by atoms with Crippen LogP contribution in [0.2, 0.25) is 0 Å². The highest BCUT2D eigenvalue weighted by atomic mass is 35.5. The SMILES string of the molecule is C[C@@H]1CN(C2N=CC=CC2Cl)C[C@H](C)N1. The minimum atomic E-state index is 0.00694. The molecule has 0 aromatic rings. The highest BCUT2D eigenvalue weighted by molar-refractivity contribution is 6.22. The molecule has 15 heavy (non-hydrogen) atoms. The molecule has 2 aliphatic heterocycles. The lowest BCUT2D eigenvalue weighted by molar-refractivity contribution is 0.128. The monoisotopic (exact) mass is 227 g/mol. The van der Waals surface area contributed by atoms with Gasteiger partial charge >= 0.3 is 0 Å². The molecule has 84 valence electrons. The van der Waals surface area contributed by atoms with Gasteiger partial charge in [-0.3, -0.25) is 9.89 Å². The number of rotatable bonds is 1. The Morgan fingerprint density at radius 3 is 2.60 bits per heavy atom. The van der Waals surface area contributed by atoms with Gasteiger partial charge in [0, 0.05) is 31.4 Å². The van der Waals surface area contributed by atoms with Crippen LogP contribution in [0.25, 0.3) is 0 Å². The third-order valence-corrected chi connectivity index (χ3v) is 3.24. The van der Waals surface area contributed by atoms with Crippen molar-refractivity contribution in [3.8, 4) is 0 Å². The average molecular weight is 228 g/mol. The van der Waals surface area contributed by atoms with Crippen LogP contribution in [-0.4, -0.2) is 47.8 Å². The molecule has 2 unspecified atom stereocenters. The largest absolute Gasteiger partial charge is 0.309 e. The minimum absolute atomic E-state index is 0.00694. The fourth-order valence-electron chi connectivity index (χ4n) is 2.36. The zero-order valence-electron chi connectivity index (χ0n) is 9.23. The molecule has 0 spiro atoms. The zero-order valence-corrected chi connectivity index (χ0v) is 9.98. The Labute approximate surface area is 96.2 Å². The van der Waals surface area contributed by atoms with Gasteiger partial charge in [-0.25, -0.2) is 0 Å². The van der Waals surface area contributed by atoms with E-state index in [4.69, 9.17) is 11.6 Å². The number of hydrogen-bond donors (Lipinski definition) is 1. The molecule has 0 bridgehead atoms. The lowest BCUT2D eigenvalue weighted by Gasteiger charge is -2.40. The molecule has 0 aromatic carbocycles. The summed E-state index contributed by atoms with van der Waals surface area (Å²) < 4.78 is 0. The summed E-state index contributed by atoms with van der Waals surface area (Å²) in [4.78, 5) is 6.82. The predicted octanol–water partition coefficient (Wildman–Crippen LogP) is 1.24.